The fraction of sp³-hybridized carbons (Fsp3) is 0.111. The van der Waals surface area contributed by atoms with Crippen molar-refractivity contribution in [3.8, 4) is 0 Å². The molecule has 1 atom stereocenters. The van der Waals surface area contributed by atoms with E-state index in [2.05, 4.69) is 10.3 Å². The van der Waals surface area contributed by atoms with Crippen molar-refractivity contribution in [1.29, 1.82) is 0 Å². The van der Waals surface area contributed by atoms with Gasteiger partial charge in [-0.1, -0.05) is 102 Å². The minimum atomic E-state index is -1.25. The summed E-state index contributed by atoms with van der Waals surface area (Å²) in [4.78, 5) is 54.1. The molecule has 3 N–H and O–H groups in total. The van der Waals surface area contributed by atoms with Crippen molar-refractivity contribution in [3.05, 3.63) is 108 Å². The number of carboxylic acids is 1. The van der Waals surface area contributed by atoms with Crippen LogP contribution in [0.4, 0.5) is 0 Å². The van der Waals surface area contributed by atoms with Gasteiger partial charge in [-0.05, 0) is 11.6 Å². The van der Waals surface area contributed by atoms with E-state index in [-0.39, 0.29) is 6.42 Å². The van der Waals surface area contributed by atoms with Crippen LogP contribution in [0.3, 0.4) is 0 Å². The van der Waals surface area contributed by atoms with Crippen LogP contribution in [0.1, 0.15) is 26.3 Å². The normalized spacial score (nSPS) is 11.8. The number of benzene rings is 3. The molecular weight excluding hydrogens is 496 g/mol. The molecule has 0 aliphatic carbocycles. The number of aromatic nitrogens is 1. The molecule has 0 aliphatic rings. The smallest absolute Gasteiger partial charge is 0.326 e. The van der Waals surface area contributed by atoms with E-state index in [1.807, 2.05) is 24.3 Å². The predicted molar refractivity (Wildman–Crippen MR) is 142 cm³/mol. The second-order valence-electron chi connectivity index (χ2n) is 7.84. The molecule has 1 unspecified atom stereocenters. The van der Waals surface area contributed by atoms with E-state index in [0.29, 0.717) is 34.7 Å². The molecule has 182 valence electrons. The number of H-pyrrole nitrogens is 1. The summed E-state index contributed by atoms with van der Waals surface area (Å²) in [5, 5.41) is 12.4. The van der Waals surface area contributed by atoms with Crippen LogP contribution < -0.4 is 5.32 Å². The lowest BCUT2D eigenvalue weighted by molar-refractivity contribution is -0.141. The second kappa shape index (κ2) is 11.7. The Morgan fingerprint density at radius 3 is 1.86 bits per heavy atom. The molecule has 7 nitrogen and oxygen atoms in total. The second-order valence-corrected chi connectivity index (χ2v) is 10.3. The number of hydrogen-bond acceptors (Lipinski definition) is 6. The Kier molecular flexibility index (Phi) is 8.24. The first-order valence-corrected chi connectivity index (χ1v) is 12.8. The summed E-state index contributed by atoms with van der Waals surface area (Å²) < 4.78 is -1.18. The number of thioether (sulfide) groups is 2. The van der Waals surface area contributed by atoms with Gasteiger partial charge in [0.1, 0.15) is 10.6 Å². The highest BCUT2D eigenvalue weighted by Crippen LogP contribution is 2.30. The van der Waals surface area contributed by atoms with E-state index in [1.165, 1.54) is 0 Å². The predicted octanol–water partition coefficient (Wildman–Crippen LogP) is 4.75. The molecular formula is C27H22N2O5S2. The molecule has 0 fully saturated rings. The van der Waals surface area contributed by atoms with Gasteiger partial charge in [-0.2, -0.15) is 0 Å². The number of para-hydroxylation sites is 1. The lowest BCUT2D eigenvalue weighted by atomic mass is 10.1. The van der Waals surface area contributed by atoms with Crippen molar-refractivity contribution in [3.63, 3.8) is 0 Å². The van der Waals surface area contributed by atoms with Crippen molar-refractivity contribution < 1.29 is 24.3 Å². The first-order chi connectivity index (χ1) is 17.4. The van der Waals surface area contributed by atoms with Gasteiger partial charge in [0.05, 0.1) is 0 Å². The van der Waals surface area contributed by atoms with Crippen molar-refractivity contribution in [2.75, 3.05) is 0 Å². The van der Waals surface area contributed by atoms with E-state index in [1.54, 1.807) is 66.9 Å². The highest BCUT2D eigenvalue weighted by atomic mass is 32.2. The van der Waals surface area contributed by atoms with Gasteiger partial charge < -0.3 is 15.4 Å². The van der Waals surface area contributed by atoms with Gasteiger partial charge in [0, 0.05) is 34.6 Å². The molecule has 0 spiro atoms. The van der Waals surface area contributed by atoms with E-state index >= 15 is 0 Å². The lowest BCUT2D eigenvalue weighted by Gasteiger charge is -2.19. The molecule has 1 amide bonds. The summed E-state index contributed by atoms with van der Waals surface area (Å²) in [7, 11) is 0. The maximum absolute atomic E-state index is 13.3. The van der Waals surface area contributed by atoms with Gasteiger partial charge in [0.15, 0.2) is 0 Å². The summed E-state index contributed by atoms with van der Waals surface area (Å²) in [5.41, 5.74) is 2.34. The van der Waals surface area contributed by atoms with Crippen LogP contribution in [0, 0.1) is 0 Å². The summed E-state index contributed by atoms with van der Waals surface area (Å²) in [6.45, 7) is 0. The number of rotatable bonds is 9. The quantitative estimate of drug-likeness (QED) is 0.274. The van der Waals surface area contributed by atoms with Crippen LogP contribution in [0.2, 0.25) is 0 Å². The van der Waals surface area contributed by atoms with Crippen LogP contribution in [-0.4, -0.2) is 42.8 Å². The highest BCUT2D eigenvalue weighted by molar-refractivity contribution is 8.31. The molecule has 1 heterocycles. The van der Waals surface area contributed by atoms with Crippen LogP contribution in [-0.2, 0) is 16.0 Å². The lowest BCUT2D eigenvalue weighted by Crippen LogP contribution is -2.45. The molecule has 3 aromatic carbocycles. The molecule has 4 aromatic rings. The van der Waals surface area contributed by atoms with Crippen molar-refractivity contribution >= 4 is 56.5 Å². The topological polar surface area (TPSA) is 116 Å². The molecule has 4 rings (SSSR count). The molecule has 0 bridgehead atoms. The van der Waals surface area contributed by atoms with Gasteiger partial charge in [-0.25, -0.2) is 4.79 Å². The van der Waals surface area contributed by atoms with Gasteiger partial charge >= 0.3 is 5.97 Å². The fourth-order valence-electron chi connectivity index (χ4n) is 3.57. The zero-order chi connectivity index (χ0) is 25.5. The zero-order valence-electron chi connectivity index (χ0n) is 18.9. The van der Waals surface area contributed by atoms with Crippen molar-refractivity contribution in [1.82, 2.24) is 10.3 Å². The Hall–Kier alpha value is -3.82. The largest absolute Gasteiger partial charge is 0.480 e. The molecule has 0 radical (unpaired) electrons. The maximum atomic E-state index is 13.3. The monoisotopic (exact) mass is 518 g/mol. The first-order valence-electron chi connectivity index (χ1n) is 11.0. The Morgan fingerprint density at radius 1 is 0.778 bits per heavy atom. The number of carbonyl (C=O) groups excluding carboxylic acids is 3. The average molecular weight is 519 g/mol. The number of carbonyl (C=O) groups is 4. The molecule has 0 aliphatic heterocycles. The Bertz CT molecular complexity index is 1340. The first kappa shape index (κ1) is 25.3. The minimum absolute atomic E-state index is 0.0341. The molecule has 36 heavy (non-hydrogen) atoms. The third kappa shape index (κ3) is 6.24. The maximum Gasteiger partial charge on any atom is 0.326 e. The SMILES string of the molecule is O=C(SC(SC(=O)c1ccccc1)C(=O)NC(Cc1c[nH]c2ccccc12)C(=O)O)c1ccccc1. The molecule has 0 saturated carbocycles. The Balaban J connectivity index is 1.54. The third-order valence-electron chi connectivity index (χ3n) is 5.37. The Morgan fingerprint density at radius 2 is 1.31 bits per heavy atom. The minimum Gasteiger partial charge on any atom is -0.480 e. The van der Waals surface area contributed by atoms with Gasteiger partial charge in [-0.15, -0.1) is 0 Å². The Labute approximate surface area is 215 Å². The van der Waals surface area contributed by atoms with E-state index < -0.39 is 32.7 Å². The van der Waals surface area contributed by atoms with Crippen LogP contribution in [0.25, 0.3) is 10.9 Å². The van der Waals surface area contributed by atoms with E-state index in [0.717, 1.165) is 16.5 Å². The molecule has 1 aromatic heterocycles. The summed E-state index contributed by atoms with van der Waals surface area (Å²) in [5.74, 6) is -1.93. The van der Waals surface area contributed by atoms with Gasteiger partial charge in [-0.3, -0.25) is 14.4 Å². The van der Waals surface area contributed by atoms with Crippen LogP contribution >= 0.6 is 23.5 Å². The standard InChI is InChI=1S/C27H22N2O5S2/c30-23(29-22(24(31)32)15-19-16-28-21-14-8-7-13-20(19)21)27(35-25(33)17-9-3-1-4-10-17)36-26(34)18-11-5-2-6-12-18/h1-14,16,22,27-28H,15H2,(H,29,30)(H,31,32). The van der Waals surface area contributed by atoms with E-state index in [4.69, 9.17) is 0 Å². The van der Waals surface area contributed by atoms with Crippen LogP contribution in [0.15, 0.2) is 91.1 Å². The highest BCUT2D eigenvalue weighted by Gasteiger charge is 2.31. The number of aliphatic carboxylic acids is 1. The molecule has 0 saturated heterocycles. The zero-order valence-corrected chi connectivity index (χ0v) is 20.6. The number of hydrogen-bond donors (Lipinski definition) is 3. The third-order valence-corrected chi connectivity index (χ3v) is 7.71. The van der Waals surface area contributed by atoms with Gasteiger partial charge in [0.2, 0.25) is 16.1 Å². The number of carboxylic acid groups (broad SMARTS) is 1. The number of amides is 1. The van der Waals surface area contributed by atoms with Crippen LogP contribution in [0.5, 0.6) is 0 Å². The number of nitrogens with one attached hydrogen (secondary N) is 2. The average Bonchev–Trinajstić information content (AvgIpc) is 3.31. The summed E-state index contributed by atoms with van der Waals surface area (Å²) in [6.07, 6.45) is 1.75. The number of aromatic amines is 1. The summed E-state index contributed by atoms with van der Waals surface area (Å²) in [6, 6.07) is 23.0. The number of fused-ring (bicyclic) bond motifs is 1. The van der Waals surface area contributed by atoms with Crippen molar-refractivity contribution in [2.45, 2.75) is 17.0 Å². The molecule has 9 heteroatoms. The van der Waals surface area contributed by atoms with E-state index in [9.17, 15) is 24.3 Å². The fourth-order valence-corrected chi connectivity index (χ4v) is 5.57. The van der Waals surface area contributed by atoms with Gasteiger partial charge in [0.25, 0.3) is 0 Å². The van der Waals surface area contributed by atoms with Crippen molar-refractivity contribution in [2.24, 2.45) is 0 Å². The summed E-state index contributed by atoms with van der Waals surface area (Å²) >= 11 is 1.37.